The third-order valence-corrected chi connectivity index (χ3v) is 5.25. The summed E-state index contributed by atoms with van der Waals surface area (Å²) < 4.78 is 7.29. The number of para-hydroxylation sites is 2. The molecule has 0 fully saturated rings. The lowest BCUT2D eigenvalue weighted by atomic mass is 10.0. The van der Waals surface area contributed by atoms with Gasteiger partial charge in [-0.3, -0.25) is 4.79 Å². The first-order valence-electron chi connectivity index (χ1n) is 9.91. The largest absolute Gasteiger partial charge is 0.383 e. The number of hydrogen-bond donors (Lipinski definition) is 2. The highest BCUT2D eigenvalue weighted by Gasteiger charge is 2.23. The number of methoxy groups -OCH3 is 1. The fourth-order valence-electron chi connectivity index (χ4n) is 3.70. The van der Waals surface area contributed by atoms with E-state index in [0.29, 0.717) is 12.2 Å². The molecule has 1 amide bonds. The van der Waals surface area contributed by atoms with E-state index in [4.69, 9.17) is 9.72 Å². The summed E-state index contributed by atoms with van der Waals surface area (Å²) in [6, 6.07) is 15.5. The molecule has 0 spiro atoms. The minimum atomic E-state index is -0.208. The zero-order valence-electron chi connectivity index (χ0n) is 17.0. The van der Waals surface area contributed by atoms with Crippen LogP contribution in [0.2, 0.25) is 0 Å². The molecule has 150 valence electrons. The second kappa shape index (κ2) is 8.09. The maximum absolute atomic E-state index is 13.2. The zero-order chi connectivity index (χ0) is 20.4. The van der Waals surface area contributed by atoms with Gasteiger partial charge in [0.15, 0.2) is 0 Å². The van der Waals surface area contributed by atoms with Gasteiger partial charge >= 0.3 is 0 Å². The van der Waals surface area contributed by atoms with Crippen molar-refractivity contribution < 1.29 is 9.53 Å². The first-order chi connectivity index (χ1) is 14.1. The average molecular weight is 390 g/mol. The molecule has 0 aliphatic heterocycles. The van der Waals surface area contributed by atoms with Crippen molar-refractivity contribution in [3.8, 4) is 0 Å². The Balaban J connectivity index is 1.64. The molecule has 4 rings (SSSR count). The molecule has 29 heavy (non-hydrogen) atoms. The maximum atomic E-state index is 13.2. The molecule has 0 radical (unpaired) electrons. The number of nitrogens with one attached hydrogen (secondary N) is 2. The summed E-state index contributed by atoms with van der Waals surface area (Å²) in [5.41, 5.74) is 3.57. The van der Waals surface area contributed by atoms with Crippen molar-refractivity contribution in [2.45, 2.75) is 26.4 Å². The Morgan fingerprint density at radius 3 is 2.76 bits per heavy atom. The van der Waals surface area contributed by atoms with Gasteiger partial charge in [-0.1, -0.05) is 32.0 Å². The van der Waals surface area contributed by atoms with E-state index in [-0.39, 0.29) is 17.9 Å². The fraction of sp³-hybridized carbons (Fsp3) is 0.304. The number of rotatable bonds is 7. The predicted molar refractivity (Wildman–Crippen MR) is 115 cm³/mol. The summed E-state index contributed by atoms with van der Waals surface area (Å²) >= 11 is 0. The van der Waals surface area contributed by atoms with Crippen LogP contribution >= 0.6 is 0 Å². The summed E-state index contributed by atoms with van der Waals surface area (Å²) in [7, 11) is 1.69. The van der Waals surface area contributed by atoms with Gasteiger partial charge in [-0.15, -0.1) is 0 Å². The molecule has 2 aromatic carbocycles. The Morgan fingerprint density at radius 2 is 2.00 bits per heavy atom. The van der Waals surface area contributed by atoms with Crippen molar-refractivity contribution in [3.05, 3.63) is 66.1 Å². The Hall–Kier alpha value is -3.12. The number of H-pyrrole nitrogens is 1. The highest BCUT2D eigenvalue weighted by atomic mass is 16.5. The first kappa shape index (κ1) is 19.2. The number of hydrogen-bond acceptors (Lipinski definition) is 3. The average Bonchev–Trinajstić information content (AvgIpc) is 3.33. The molecule has 0 unspecified atom stereocenters. The number of aromatic nitrogens is 3. The highest BCUT2D eigenvalue weighted by molar-refractivity contribution is 6.06. The summed E-state index contributed by atoms with van der Waals surface area (Å²) in [4.78, 5) is 21.2. The standard InChI is InChI=1S/C23H26N4O2/c1-15(2)21(22-24-18-8-4-5-9-19(18)25-22)26-23(28)17-7-6-10-20-16(17)11-12-27(20)13-14-29-3/h4-12,15,21H,13-14H2,1-3H3,(H,24,25)(H,26,28)/t21-/m1/s1. The summed E-state index contributed by atoms with van der Waals surface area (Å²) in [6.45, 7) is 5.54. The van der Waals surface area contributed by atoms with Crippen LogP contribution in [-0.4, -0.2) is 34.2 Å². The molecular formula is C23H26N4O2. The topological polar surface area (TPSA) is 71.9 Å². The Morgan fingerprint density at radius 1 is 1.17 bits per heavy atom. The van der Waals surface area contributed by atoms with Crippen molar-refractivity contribution in [2.75, 3.05) is 13.7 Å². The summed E-state index contributed by atoms with van der Waals surface area (Å²) in [5, 5.41) is 4.13. The van der Waals surface area contributed by atoms with E-state index in [1.54, 1.807) is 7.11 Å². The van der Waals surface area contributed by atoms with Crippen LogP contribution < -0.4 is 5.32 Å². The van der Waals surface area contributed by atoms with Crippen LogP contribution in [0.4, 0.5) is 0 Å². The molecule has 1 atom stereocenters. The van der Waals surface area contributed by atoms with Crippen molar-refractivity contribution in [1.29, 1.82) is 0 Å². The SMILES string of the molecule is COCCn1ccc2c(C(=O)N[C@@H](c3nc4ccccc4[nH]3)C(C)C)cccc21. The van der Waals surface area contributed by atoms with Crippen LogP contribution in [0.15, 0.2) is 54.7 Å². The van der Waals surface area contributed by atoms with Crippen LogP contribution in [0.3, 0.4) is 0 Å². The van der Waals surface area contributed by atoms with Gasteiger partial charge in [0.25, 0.3) is 5.91 Å². The predicted octanol–water partition coefficient (Wildman–Crippen LogP) is 4.29. The molecular weight excluding hydrogens is 364 g/mol. The quantitative estimate of drug-likeness (QED) is 0.494. The van der Waals surface area contributed by atoms with E-state index in [0.717, 1.165) is 34.3 Å². The first-order valence-corrected chi connectivity index (χ1v) is 9.91. The number of fused-ring (bicyclic) bond motifs is 2. The number of carbonyl (C=O) groups excluding carboxylic acids is 1. The Labute approximate surface area is 169 Å². The summed E-state index contributed by atoms with van der Waals surface area (Å²) in [5.74, 6) is 0.864. The lowest BCUT2D eigenvalue weighted by Gasteiger charge is -2.20. The monoisotopic (exact) mass is 390 g/mol. The van der Waals surface area contributed by atoms with E-state index in [1.807, 2.05) is 54.7 Å². The van der Waals surface area contributed by atoms with Crippen molar-refractivity contribution in [2.24, 2.45) is 5.92 Å². The molecule has 2 N–H and O–H groups in total. The molecule has 0 saturated heterocycles. The van der Waals surface area contributed by atoms with Gasteiger partial charge in [-0.25, -0.2) is 4.98 Å². The van der Waals surface area contributed by atoms with Crippen LogP contribution in [0.5, 0.6) is 0 Å². The smallest absolute Gasteiger partial charge is 0.252 e. The lowest BCUT2D eigenvalue weighted by Crippen LogP contribution is -2.32. The number of amides is 1. The minimum Gasteiger partial charge on any atom is -0.383 e. The van der Waals surface area contributed by atoms with Crippen LogP contribution in [0.1, 0.15) is 36.1 Å². The highest BCUT2D eigenvalue weighted by Crippen LogP contribution is 2.25. The summed E-state index contributed by atoms with van der Waals surface area (Å²) in [6.07, 6.45) is 2.00. The van der Waals surface area contributed by atoms with Gasteiger partial charge in [-0.2, -0.15) is 0 Å². The minimum absolute atomic E-state index is 0.0979. The molecule has 0 aliphatic rings. The van der Waals surface area contributed by atoms with Gasteiger partial charge in [0, 0.05) is 36.3 Å². The van der Waals surface area contributed by atoms with Gasteiger partial charge in [0.2, 0.25) is 0 Å². The third kappa shape index (κ3) is 3.76. The zero-order valence-corrected chi connectivity index (χ0v) is 17.0. The molecule has 0 aliphatic carbocycles. The Bertz CT molecular complexity index is 1110. The normalized spacial score (nSPS) is 12.7. The van der Waals surface area contributed by atoms with E-state index < -0.39 is 0 Å². The number of benzene rings is 2. The molecule has 6 nitrogen and oxygen atoms in total. The fourth-order valence-corrected chi connectivity index (χ4v) is 3.70. The van der Waals surface area contributed by atoms with Crippen molar-refractivity contribution in [1.82, 2.24) is 19.9 Å². The van der Waals surface area contributed by atoms with Crippen LogP contribution in [0.25, 0.3) is 21.9 Å². The number of imidazole rings is 1. The number of aromatic amines is 1. The number of carbonyl (C=O) groups is 1. The van der Waals surface area contributed by atoms with Crippen molar-refractivity contribution in [3.63, 3.8) is 0 Å². The van der Waals surface area contributed by atoms with Gasteiger partial charge < -0.3 is 19.6 Å². The van der Waals surface area contributed by atoms with Crippen LogP contribution in [-0.2, 0) is 11.3 Å². The maximum Gasteiger partial charge on any atom is 0.252 e. The Kier molecular flexibility index (Phi) is 5.36. The van der Waals surface area contributed by atoms with Crippen molar-refractivity contribution >= 4 is 27.8 Å². The van der Waals surface area contributed by atoms with E-state index >= 15 is 0 Å². The van der Waals surface area contributed by atoms with Gasteiger partial charge in [0.1, 0.15) is 5.82 Å². The van der Waals surface area contributed by atoms with E-state index in [2.05, 4.69) is 28.7 Å². The van der Waals surface area contributed by atoms with E-state index in [9.17, 15) is 4.79 Å². The van der Waals surface area contributed by atoms with Gasteiger partial charge in [0.05, 0.1) is 23.7 Å². The third-order valence-electron chi connectivity index (χ3n) is 5.25. The number of nitrogens with zero attached hydrogens (tertiary/aromatic N) is 2. The molecule has 4 aromatic rings. The lowest BCUT2D eigenvalue weighted by molar-refractivity contribution is 0.0925. The number of ether oxygens (including phenoxy) is 1. The molecule has 0 saturated carbocycles. The molecule has 6 heteroatoms. The second-order valence-electron chi connectivity index (χ2n) is 7.57. The van der Waals surface area contributed by atoms with E-state index in [1.165, 1.54) is 0 Å². The molecule has 0 bridgehead atoms. The van der Waals surface area contributed by atoms with Gasteiger partial charge in [-0.05, 0) is 36.2 Å². The molecule has 2 heterocycles. The van der Waals surface area contributed by atoms with Crippen LogP contribution in [0, 0.1) is 5.92 Å². The second-order valence-corrected chi connectivity index (χ2v) is 7.57. The molecule has 2 aromatic heterocycles.